The molecule has 0 amide bonds. The summed E-state index contributed by atoms with van der Waals surface area (Å²) in [5, 5.41) is 18.6. The highest BCUT2D eigenvalue weighted by atomic mass is 14.2. The maximum Gasteiger partial charge on any atom is -0.00206 e. The molecule has 0 spiro atoms. The molecule has 0 heteroatoms. The molecule has 47 heavy (non-hydrogen) atoms. The van der Waals surface area contributed by atoms with Gasteiger partial charge in [0.1, 0.15) is 0 Å². The minimum atomic E-state index is 0.153. The second kappa shape index (κ2) is 9.53. The Morgan fingerprint density at radius 1 is 0.383 bits per heavy atom. The van der Waals surface area contributed by atoms with E-state index in [1.807, 2.05) is 0 Å². The number of hydrogen-bond donors (Lipinski definition) is 0. The van der Waals surface area contributed by atoms with Crippen LogP contribution < -0.4 is 0 Å². The third kappa shape index (κ3) is 3.82. The Morgan fingerprint density at radius 2 is 0.787 bits per heavy atom. The average Bonchev–Trinajstić information content (AvgIpc) is 3.12. The summed E-state index contributed by atoms with van der Waals surface area (Å²) < 4.78 is 0. The lowest BCUT2D eigenvalue weighted by atomic mass is 9.79. The summed E-state index contributed by atoms with van der Waals surface area (Å²) in [6.07, 6.45) is 1.12. The maximum absolute atomic E-state index is 2.42. The van der Waals surface area contributed by atoms with Gasteiger partial charge in [0.15, 0.2) is 0 Å². The van der Waals surface area contributed by atoms with Crippen LogP contribution in [0.4, 0.5) is 0 Å². The van der Waals surface area contributed by atoms with Gasteiger partial charge < -0.3 is 0 Å². The van der Waals surface area contributed by atoms with Crippen LogP contribution in [0.1, 0.15) is 32.8 Å². The summed E-state index contributed by atoms with van der Waals surface area (Å²) in [7, 11) is 0. The van der Waals surface area contributed by atoms with Crippen molar-refractivity contribution in [1.29, 1.82) is 0 Å². The highest BCUT2D eigenvalue weighted by molar-refractivity contribution is 6.27. The van der Waals surface area contributed by atoms with Crippen molar-refractivity contribution in [2.45, 2.75) is 32.6 Å². The predicted molar refractivity (Wildman–Crippen MR) is 206 cm³/mol. The number of fused-ring (bicyclic) bond motifs is 1. The zero-order valence-corrected chi connectivity index (χ0v) is 27.0. The molecular formula is C47H34. The Morgan fingerprint density at radius 3 is 1.32 bits per heavy atom. The Kier molecular flexibility index (Phi) is 5.42. The molecule has 222 valence electrons. The van der Waals surface area contributed by atoms with Crippen molar-refractivity contribution in [3.8, 4) is 22.3 Å². The molecule has 10 rings (SSSR count). The fourth-order valence-corrected chi connectivity index (χ4v) is 8.23. The van der Waals surface area contributed by atoms with Gasteiger partial charge in [0.05, 0.1) is 0 Å². The highest BCUT2D eigenvalue weighted by Gasteiger charge is 2.21. The summed E-state index contributed by atoms with van der Waals surface area (Å²) in [5.74, 6) is 0. The quantitative estimate of drug-likeness (QED) is 0.177. The van der Waals surface area contributed by atoms with Gasteiger partial charge in [0.2, 0.25) is 0 Å². The van der Waals surface area contributed by atoms with Crippen LogP contribution >= 0.6 is 0 Å². The van der Waals surface area contributed by atoms with E-state index in [1.165, 1.54) is 103 Å². The summed E-state index contributed by atoms with van der Waals surface area (Å²) in [5.41, 5.74) is 6.68. The standard InChI is InChI=1S/C47H34/c1-4-47(2,3)38-26-36-15-10-31-17-21-40(42-23-19-37(27-38)44(36)46(31)42)35-14-12-32-24-34(13-11-33(32)25-35)39-20-16-30-9-8-28-6-5-7-29-18-22-41(39)45(30)43(28)29/h5-27H,4H2,1-3H3. The van der Waals surface area contributed by atoms with Gasteiger partial charge in [-0.05, 0) is 127 Å². The van der Waals surface area contributed by atoms with Crippen LogP contribution in [-0.4, -0.2) is 0 Å². The molecule has 0 unspecified atom stereocenters. The normalized spacial score (nSPS) is 12.7. The topological polar surface area (TPSA) is 0 Å². The highest BCUT2D eigenvalue weighted by Crippen LogP contribution is 2.43. The second-order valence-corrected chi connectivity index (χ2v) is 14.2. The second-order valence-electron chi connectivity index (χ2n) is 14.2. The zero-order chi connectivity index (χ0) is 31.4. The minimum absolute atomic E-state index is 0.153. The largest absolute Gasteiger partial charge is 0.0646 e. The van der Waals surface area contributed by atoms with E-state index in [4.69, 9.17) is 0 Å². The van der Waals surface area contributed by atoms with Gasteiger partial charge in [0, 0.05) is 0 Å². The van der Waals surface area contributed by atoms with Crippen LogP contribution in [0.2, 0.25) is 0 Å². The lowest BCUT2D eigenvalue weighted by Gasteiger charge is -2.25. The van der Waals surface area contributed by atoms with E-state index < -0.39 is 0 Å². The van der Waals surface area contributed by atoms with Crippen molar-refractivity contribution in [1.82, 2.24) is 0 Å². The van der Waals surface area contributed by atoms with E-state index in [9.17, 15) is 0 Å². The monoisotopic (exact) mass is 598 g/mol. The van der Waals surface area contributed by atoms with Gasteiger partial charge in [-0.2, -0.15) is 0 Å². The zero-order valence-electron chi connectivity index (χ0n) is 27.0. The SMILES string of the molecule is CCC(C)(C)c1cc2ccc3ccc(-c4ccc5cc(-c6ccc7ccc8cccc9ccc6c7c89)ccc5c4)c4ccc(c1)c2c34. The molecule has 0 atom stereocenters. The average molecular weight is 599 g/mol. The Balaban J connectivity index is 1.11. The van der Waals surface area contributed by atoms with Crippen molar-refractivity contribution in [3.63, 3.8) is 0 Å². The molecule has 0 aliphatic carbocycles. The van der Waals surface area contributed by atoms with Crippen molar-refractivity contribution in [2.24, 2.45) is 0 Å². The van der Waals surface area contributed by atoms with Crippen molar-refractivity contribution >= 4 is 75.4 Å². The van der Waals surface area contributed by atoms with E-state index in [0.717, 1.165) is 6.42 Å². The molecule has 0 aliphatic rings. The summed E-state index contributed by atoms with van der Waals surface area (Å²) in [4.78, 5) is 0. The lowest BCUT2D eigenvalue weighted by molar-refractivity contribution is 0.507. The fraction of sp³-hybridized carbons (Fsp3) is 0.106. The van der Waals surface area contributed by atoms with Crippen LogP contribution in [-0.2, 0) is 5.41 Å². The molecule has 0 bridgehead atoms. The molecule has 0 aromatic heterocycles. The maximum atomic E-state index is 2.42. The first-order valence-electron chi connectivity index (χ1n) is 16.9. The minimum Gasteiger partial charge on any atom is -0.0646 e. The van der Waals surface area contributed by atoms with Gasteiger partial charge in [0.25, 0.3) is 0 Å². The Hall–Kier alpha value is -5.46. The molecular weight excluding hydrogens is 565 g/mol. The number of rotatable bonds is 4. The smallest absolute Gasteiger partial charge is 0.00206 e. The van der Waals surface area contributed by atoms with Crippen LogP contribution in [0.5, 0.6) is 0 Å². The first-order valence-corrected chi connectivity index (χ1v) is 16.9. The van der Waals surface area contributed by atoms with E-state index in [1.54, 1.807) is 0 Å². The first-order chi connectivity index (χ1) is 23.0. The predicted octanol–water partition coefficient (Wildman–Crippen LogP) is 13.7. The van der Waals surface area contributed by atoms with Crippen LogP contribution in [0.3, 0.4) is 0 Å². The molecule has 0 saturated heterocycles. The van der Waals surface area contributed by atoms with Crippen LogP contribution in [0.25, 0.3) is 97.7 Å². The van der Waals surface area contributed by atoms with Gasteiger partial charge in [-0.3, -0.25) is 0 Å². The molecule has 0 N–H and O–H groups in total. The third-order valence-corrected chi connectivity index (χ3v) is 11.3. The Labute approximate surface area is 274 Å². The van der Waals surface area contributed by atoms with Crippen molar-refractivity contribution < 1.29 is 0 Å². The molecule has 0 radical (unpaired) electrons. The van der Waals surface area contributed by atoms with Crippen LogP contribution in [0, 0.1) is 0 Å². The van der Waals surface area contributed by atoms with Crippen LogP contribution in [0.15, 0.2) is 140 Å². The molecule has 0 aliphatic heterocycles. The van der Waals surface area contributed by atoms with Crippen molar-refractivity contribution in [3.05, 3.63) is 145 Å². The van der Waals surface area contributed by atoms with E-state index in [2.05, 4.69) is 160 Å². The van der Waals surface area contributed by atoms with Gasteiger partial charge in [-0.25, -0.2) is 0 Å². The molecule has 0 nitrogen and oxygen atoms in total. The molecule has 10 aromatic carbocycles. The first kappa shape index (κ1) is 26.7. The van der Waals surface area contributed by atoms with Gasteiger partial charge in [-0.15, -0.1) is 0 Å². The lowest BCUT2D eigenvalue weighted by Crippen LogP contribution is -2.15. The summed E-state index contributed by atoms with van der Waals surface area (Å²) in [6.45, 7) is 6.99. The van der Waals surface area contributed by atoms with E-state index in [-0.39, 0.29) is 5.41 Å². The molecule has 0 saturated carbocycles. The van der Waals surface area contributed by atoms with E-state index >= 15 is 0 Å². The van der Waals surface area contributed by atoms with Gasteiger partial charge >= 0.3 is 0 Å². The fourth-order valence-electron chi connectivity index (χ4n) is 8.23. The summed E-state index contributed by atoms with van der Waals surface area (Å²) >= 11 is 0. The van der Waals surface area contributed by atoms with Crippen molar-refractivity contribution in [2.75, 3.05) is 0 Å². The Bertz CT molecular complexity index is 2810. The number of benzene rings is 10. The third-order valence-electron chi connectivity index (χ3n) is 11.3. The van der Waals surface area contributed by atoms with E-state index in [0.29, 0.717) is 0 Å². The number of hydrogen-bond acceptors (Lipinski definition) is 0. The molecule has 0 fully saturated rings. The summed E-state index contributed by atoms with van der Waals surface area (Å²) in [6, 6.07) is 53.0. The molecule has 10 aromatic rings. The van der Waals surface area contributed by atoms with Gasteiger partial charge in [-0.1, -0.05) is 148 Å². The molecule has 0 heterocycles.